The summed E-state index contributed by atoms with van der Waals surface area (Å²) in [5.41, 5.74) is 1.29. The smallest absolute Gasteiger partial charge is 0.222 e. The first-order chi connectivity index (χ1) is 12.5. The molecule has 0 saturated carbocycles. The van der Waals surface area contributed by atoms with Crippen molar-refractivity contribution in [2.24, 2.45) is 10.9 Å². The highest BCUT2D eigenvalue weighted by Gasteiger charge is 2.07. The molecule has 1 unspecified atom stereocenters. The number of carbonyl (C=O) groups is 1. The molecule has 0 heterocycles. The number of rotatable bonds is 10. The number of guanidine groups is 1. The van der Waals surface area contributed by atoms with Gasteiger partial charge < -0.3 is 20.7 Å². The average Bonchev–Trinajstić information content (AvgIpc) is 2.64. The molecule has 6 nitrogen and oxygen atoms in total. The van der Waals surface area contributed by atoms with Crippen LogP contribution in [0.2, 0.25) is 0 Å². The molecule has 154 valence electrons. The van der Waals surface area contributed by atoms with Gasteiger partial charge in [-0.3, -0.25) is 9.79 Å². The number of ether oxygens (including phenoxy) is 1. The van der Waals surface area contributed by atoms with Gasteiger partial charge in [-0.15, -0.1) is 24.0 Å². The number of nitrogens with zero attached hydrogens (tertiary/aromatic N) is 1. The molecule has 0 spiro atoms. The summed E-state index contributed by atoms with van der Waals surface area (Å²) in [4.78, 5) is 16.2. The lowest BCUT2D eigenvalue weighted by molar-refractivity contribution is -0.123. The lowest BCUT2D eigenvalue weighted by Crippen LogP contribution is -2.42. The molecule has 7 heteroatoms. The van der Waals surface area contributed by atoms with E-state index in [1.165, 1.54) is 5.56 Å². The predicted molar refractivity (Wildman–Crippen MR) is 123 cm³/mol. The minimum Gasteiger partial charge on any atom is -0.497 e. The van der Waals surface area contributed by atoms with E-state index in [9.17, 15) is 4.79 Å². The van der Waals surface area contributed by atoms with Gasteiger partial charge in [0, 0.05) is 32.1 Å². The van der Waals surface area contributed by atoms with Crippen molar-refractivity contribution in [2.75, 3.05) is 33.3 Å². The Balaban J connectivity index is 0.00000676. The molecule has 1 aromatic rings. The molecule has 1 aromatic carbocycles. The van der Waals surface area contributed by atoms with Crippen molar-refractivity contribution < 1.29 is 9.53 Å². The van der Waals surface area contributed by atoms with Crippen LogP contribution >= 0.6 is 24.0 Å². The Kier molecular flexibility index (Phi) is 13.7. The number of carbonyl (C=O) groups excluding carboxylic acids is 1. The van der Waals surface area contributed by atoms with Gasteiger partial charge in [-0.1, -0.05) is 32.9 Å². The highest BCUT2D eigenvalue weighted by molar-refractivity contribution is 14.0. The second kappa shape index (κ2) is 14.5. The quantitative estimate of drug-likeness (QED) is 0.204. The minimum absolute atomic E-state index is 0. The molecule has 1 rings (SSSR count). The van der Waals surface area contributed by atoms with Crippen LogP contribution in [0.5, 0.6) is 5.75 Å². The van der Waals surface area contributed by atoms with Crippen molar-refractivity contribution >= 4 is 35.8 Å². The van der Waals surface area contributed by atoms with Crippen LogP contribution in [0.25, 0.3) is 0 Å². The Morgan fingerprint density at radius 2 is 1.70 bits per heavy atom. The average molecular weight is 490 g/mol. The summed E-state index contributed by atoms with van der Waals surface area (Å²) in [6.07, 6.45) is 0.965. The molecule has 0 bridgehead atoms. The van der Waals surface area contributed by atoms with E-state index in [-0.39, 0.29) is 35.8 Å². The van der Waals surface area contributed by atoms with Crippen LogP contribution in [0, 0.1) is 5.92 Å². The van der Waals surface area contributed by atoms with Crippen LogP contribution in [0.4, 0.5) is 0 Å². The van der Waals surface area contributed by atoms with Gasteiger partial charge in [-0.05, 0) is 37.0 Å². The summed E-state index contributed by atoms with van der Waals surface area (Å²) in [6, 6.07) is 8.19. The van der Waals surface area contributed by atoms with Crippen molar-refractivity contribution in [3.8, 4) is 5.75 Å². The third kappa shape index (κ3) is 10.4. The molecule has 0 aliphatic heterocycles. The van der Waals surface area contributed by atoms with E-state index in [0.29, 0.717) is 19.0 Å². The van der Waals surface area contributed by atoms with E-state index in [2.05, 4.69) is 40.0 Å². The maximum absolute atomic E-state index is 11.5. The predicted octanol–water partition coefficient (Wildman–Crippen LogP) is 3.13. The lowest BCUT2D eigenvalue weighted by Gasteiger charge is -2.14. The number of aliphatic imine (C=N–C) groups is 1. The van der Waals surface area contributed by atoms with Crippen molar-refractivity contribution in [1.82, 2.24) is 16.0 Å². The molecule has 0 saturated heterocycles. The highest BCUT2D eigenvalue weighted by Crippen LogP contribution is 2.21. The fourth-order valence-corrected chi connectivity index (χ4v) is 2.38. The first-order valence-electron chi connectivity index (χ1n) is 9.41. The number of benzene rings is 1. The molecule has 1 atom stereocenters. The number of halogens is 1. The van der Waals surface area contributed by atoms with E-state index >= 15 is 0 Å². The normalized spacial score (nSPS) is 12.1. The summed E-state index contributed by atoms with van der Waals surface area (Å²) in [5, 5.41) is 9.37. The van der Waals surface area contributed by atoms with Crippen LogP contribution in [0.3, 0.4) is 0 Å². The Morgan fingerprint density at radius 1 is 1.07 bits per heavy atom. The zero-order valence-corrected chi connectivity index (χ0v) is 19.5. The highest BCUT2D eigenvalue weighted by atomic mass is 127. The van der Waals surface area contributed by atoms with Gasteiger partial charge >= 0.3 is 0 Å². The topological polar surface area (TPSA) is 74.8 Å². The zero-order chi connectivity index (χ0) is 19.4. The largest absolute Gasteiger partial charge is 0.497 e. The van der Waals surface area contributed by atoms with Gasteiger partial charge in [0.15, 0.2) is 5.96 Å². The maximum Gasteiger partial charge on any atom is 0.222 e. The molecule has 3 N–H and O–H groups in total. The van der Waals surface area contributed by atoms with E-state index in [1.54, 1.807) is 7.11 Å². The molecule has 1 amide bonds. The Hall–Kier alpha value is -1.51. The molecular weight excluding hydrogens is 455 g/mol. The van der Waals surface area contributed by atoms with Gasteiger partial charge in [-0.2, -0.15) is 0 Å². The van der Waals surface area contributed by atoms with Crippen molar-refractivity contribution in [1.29, 1.82) is 0 Å². The number of amides is 1. The SMILES string of the molecule is CCNC(=NCCC(C)c1ccc(OC)cc1)NCCNC(=O)C(C)C.I. The third-order valence-electron chi connectivity index (χ3n) is 4.10. The number of methoxy groups -OCH3 is 1. The van der Waals surface area contributed by atoms with Crippen molar-refractivity contribution in [2.45, 2.75) is 40.0 Å². The minimum atomic E-state index is 0. The van der Waals surface area contributed by atoms with Gasteiger partial charge in [-0.25, -0.2) is 0 Å². The number of hydrogen-bond donors (Lipinski definition) is 3. The van der Waals surface area contributed by atoms with Crippen LogP contribution < -0.4 is 20.7 Å². The standard InChI is InChI=1S/C20H34N4O2.HI/c1-6-21-20(24-14-13-22-19(25)15(2)3)23-12-11-16(4)17-7-9-18(26-5)10-8-17;/h7-10,15-16H,6,11-14H2,1-5H3,(H,22,25)(H2,21,23,24);1H. The van der Waals surface area contributed by atoms with Crippen LogP contribution in [0.1, 0.15) is 45.6 Å². The summed E-state index contributed by atoms with van der Waals surface area (Å²) in [7, 11) is 1.68. The van der Waals surface area contributed by atoms with Gasteiger partial charge in [0.05, 0.1) is 7.11 Å². The third-order valence-corrected chi connectivity index (χ3v) is 4.10. The van der Waals surface area contributed by atoms with Gasteiger partial charge in [0.2, 0.25) is 5.91 Å². The maximum atomic E-state index is 11.5. The molecule has 0 aliphatic rings. The van der Waals surface area contributed by atoms with Crippen LogP contribution in [0.15, 0.2) is 29.3 Å². The fourth-order valence-electron chi connectivity index (χ4n) is 2.38. The molecule has 0 radical (unpaired) electrons. The Labute approximate surface area is 181 Å². The number of hydrogen-bond acceptors (Lipinski definition) is 3. The Bertz CT molecular complexity index is 562. The molecule has 0 aliphatic carbocycles. The van der Waals surface area contributed by atoms with Crippen molar-refractivity contribution in [3.63, 3.8) is 0 Å². The monoisotopic (exact) mass is 490 g/mol. The second-order valence-corrected chi connectivity index (χ2v) is 6.60. The zero-order valence-electron chi connectivity index (χ0n) is 17.2. The summed E-state index contributed by atoms with van der Waals surface area (Å²) in [5.74, 6) is 2.17. The van der Waals surface area contributed by atoms with Gasteiger partial charge in [0.25, 0.3) is 0 Å². The summed E-state index contributed by atoms with van der Waals surface area (Å²) < 4.78 is 5.20. The van der Waals surface area contributed by atoms with E-state index in [0.717, 1.165) is 31.2 Å². The second-order valence-electron chi connectivity index (χ2n) is 6.60. The first-order valence-corrected chi connectivity index (χ1v) is 9.41. The summed E-state index contributed by atoms with van der Waals surface area (Å²) >= 11 is 0. The van der Waals surface area contributed by atoms with Crippen molar-refractivity contribution in [3.05, 3.63) is 29.8 Å². The molecule has 0 fully saturated rings. The van der Waals surface area contributed by atoms with Gasteiger partial charge in [0.1, 0.15) is 5.75 Å². The lowest BCUT2D eigenvalue weighted by atomic mass is 9.98. The van der Waals surface area contributed by atoms with E-state index in [1.807, 2.05) is 32.9 Å². The molecular formula is C20H35IN4O2. The van der Waals surface area contributed by atoms with E-state index in [4.69, 9.17) is 4.74 Å². The Morgan fingerprint density at radius 3 is 2.26 bits per heavy atom. The van der Waals surface area contributed by atoms with E-state index < -0.39 is 0 Å². The molecule has 0 aromatic heterocycles. The first kappa shape index (κ1) is 25.5. The van der Waals surface area contributed by atoms with Crippen LogP contribution in [-0.4, -0.2) is 45.2 Å². The summed E-state index contributed by atoms with van der Waals surface area (Å²) in [6.45, 7) is 10.8. The fraction of sp³-hybridized carbons (Fsp3) is 0.600. The van der Waals surface area contributed by atoms with Crippen LogP contribution in [-0.2, 0) is 4.79 Å². The number of nitrogens with one attached hydrogen (secondary N) is 3. The molecule has 27 heavy (non-hydrogen) atoms.